The van der Waals surface area contributed by atoms with E-state index in [-0.39, 0.29) is 18.0 Å². The van der Waals surface area contributed by atoms with Gasteiger partial charge in [-0.25, -0.2) is 0 Å². The van der Waals surface area contributed by atoms with Crippen molar-refractivity contribution in [2.75, 3.05) is 40.4 Å². The lowest BCUT2D eigenvalue weighted by atomic mass is 10.2. The highest BCUT2D eigenvalue weighted by Crippen LogP contribution is 2.14. The first-order chi connectivity index (χ1) is 7.61. The molecular formula is C11H23N3O2. The van der Waals surface area contributed by atoms with E-state index >= 15 is 0 Å². The molecule has 0 radical (unpaired) electrons. The van der Waals surface area contributed by atoms with Crippen molar-refractivity contribution < 1.29 is 9.53 Å². The third-order valence-electron chi connectivity index (χ3n) is 3.29. The maximum atomic E-state index is 12.3. The van der Waals surface area contributed by atoms with E-state index in [4.69, 9.17) is 10.5 Å². The number of amides is 1. The highest BCUT2D eigenvalue weighted by molar-refractivity contribution is 5.82. The predicted molar refractivity (Wildman–Crippen MR) is 63.1 cm³/mol. The number of carbonyl (C=O) groups excluding carboxylic acids is 1. The molecule has 2 N–H and O–H groups in total. The number of rotatable bonds is 4. The van der Waals surface area contributed by atoms with E-state index in [0.29, 0.717) is 19.7 Å². The van der Waals surface area contributed by atoms with Gasteiger partial charge >= 0.3 is 0 Å². The summed E-state index contributed by atoms with van der Waals surface area (Å²) in [7, 11) is 3.61. The van der Waals surface area contributed by atoms with Gasteiger partial charge in [-0.1, -0.05) is 0 Å². The molecule has 1 fully saturated rings. The molecule has 0 aromatic carbocycles. The van der Waals surface area contributed by atoms with Crippen LogP contribution in [0.3, 0.4) is 0 Å². The first-order valence-electron chi connectivity index (χ1n) is 5.81. The molecule has 5 nitrogen and oxygen atoms in total. The maximum Gasteiger partial charge on any atom is 0.241 e. The molecule has 1 heterocycles. The van der Waals surface area contributed by atoms with Gasteiger partial charge in [0.15, 0.2) is 0 Å². The minimum atomic E-state index is -0.179. The number of nitrogens with zero attached hydrogens (tertiary/aromatic N) is 2. The minimum absolute atomic E-state index is 0.132. The summed E-state index contributed by atoms with van der Waals surface area (Å²) in [4.78, 5) is 16.2. The van der Waals surface area contributed by atoms with Gasteiger partial charge in [-0.15, -0.1) is 0 Å². The number of nitrogens with two attached hydrogens (primary N) is 1. The third kappa shape index (κ3) is 2.93. The zero-order valence-corrected chi connectivity index (χ0v) is 10.5. The normalized spacial score (nSPS) is 28.2. The fourth-order valence-corrected chi connectivity index (χ4v) is 2.10. The lowest BCUT2D eigenvalue weighted by Crippen LogP contribution is -2.50. The van der Waals surface area contributed by atoms with Gasteiger partial charge in [0, 0.05) is 32.8 Å². The Kier molecular flexibility index (Phi) is 5.18. The van der Waals surface area contributed by atoms with Crippen LogP contribution in [0.4, 0.5) is 0 Å². The molecule has 1 rings (SSSR count). The molecule has 0 spiro atoms. The van der Waals surface area contributed by atoms with Gasteiger partial charge in [-0.05, 0) is 20.4 Å². The summed E-state index contributed by atoms with van der Waals surface area (Å²) in [5.74, 6) is 0.132. The van der Waals surface area contributed by atoms with Crippen molar-refractivity contribution in [3.05, 3.63) is 0 Å². The number of hydrogen-bond donors (Lipinski definition) is 1. The van der Waals surface area contributed by atoms with Crippen LogP contribution in [-0.4, -0.2) is 68.2 Å². The maximum absolute atomic E-state index is 12.3. The number of likely N-dealkylation sites (N-methyl/N-ethyl adjacent to an activating group) is 1. The molecule has 0 bridgehead atoms. The van der Waals surface area contributed by atoms with Gasteiger partial charge in [0.1, 0.15) is 6.04 Å². The quantitative estimate of drug-likeness (QED) is 0.707. The van der Waals surface area contributed by atoms with Gasteiger partial charge in [-0.2, -0.15) is 0 Å². The van der Waals surface area contributed by atoms with E-state index in [2.05, 4.69) is 6.92 Å². The number of methoxy groups -OCH3 is 1. The van der Waals surface area contributed by atoms with Crippen LogP contribution >= 0.6 is 0 Å². The second-order valence-corrected chi connectivity index (χ2v) is 4.39. The molecule has 16 heavy (non-hydrogen) atoms. The second-order valence-electron chi connectivity index (χ2n) is 4.39. The average molecular weight is 229 g/mol. The molecule has 0 aliphatic carbocycles. The number of carbonyl (C=O) groups is 1. The highest BCUT2D eigenvalue weighted by atomic mass is 16.5. The van der Waals surface area contributed by atoms with Crippen molar-refractivity contribution in [2.45, 2.75) is 25.4 Å². The summed E-state index contributed by atoms with van der Waals surface area (Å²) in [5.41, 5.74) is 5.67. The Balaban J connectivity index is 2.74. The van der Waals surface area contributed by atoms with Crippen LogP contribution in [-0.2, 0) is 9.53 Å². The van der Waals surface area contributed by atoms with Crippen LogP contribution in [0.5, 0.6) is 0 Å². The second kappa shape index (κ2) is 6.18. The van der Waals surface area contributed by atoms with Crippen LogP contribution in [0.25, 0.3) is 0 Å². The van der Waals surface area contributed by atoms with Crippen LogP contribution in [0.15, 0.2) is 0 Å². The fraction of sp³-hybridized carbons (Fsp3) is 0.909. The van der Waals surface area contributed by atoms with E-state index in [9.17, 15) is 4.79 Å². The van der Waals surface area contributed by atoms with E-state index in [1.807, 2.05) is 16.8 Å². The van der Waals surface area contributed by atoms with E-state index in [1.54, 1.807) is 7.11 Å². The summed E-state index contributed by atoms with van der Waals surface area (Å²) in [5, 5.41) is 0. The molecule has 5 heteroatoms. The molecule has 0 aromatic heterocycles. The summed E-state index contributed by atoms with van der Waals surface area (Å²) in [6, 6.07) is 0.0865. The zero-order valence-electron chi connectivity index (χ0n) is 10.5. The minimum Gasteiger partial charge on any atom is -0.383 e. The first kappa shape index (κ1) is 13.4. The lowest BCUT2D eigenvalue weighted by Gasteiger charge is -2.29. The molecule has 0 saturated carbocycles. The highest BCUT2D eigenvalue weighted by Gasteiger charge is 2.32. The van der Waals surface area contributed by atoms with E-state index < -0.39 is 0 Å². The number of ether oxygens (including phenoxy) is 1. The summed E-state index contributed by atoms with van der Waals surface area (Å²) >= 11 is 0. The van der Waals surface area contributed by atoms with Gasteiger partial charge in [0.2, 0.25) is 5.91 Å². The molecule has 94 valence electrons. The largest absolute Gasteiger partial charge is 0.383 e. The van der Waals surface area contributed by atoms with Crippen molar-refractivity contribution in [1.29, 1.82) is 0 Å². The molecule has 2 unspecified atom stereocenters. The predicted octanol–water partition coefficient (Wildman–Crippen LogP) is -0.487. The monoisotopic (exact) mass is 229 g/mol. The SMILES string of the molecule is COCCN1C(=O)C(CN)N(C)CCC1C. The van der Waals surface area contributed by atoms with Crippen molar-refractivity contribution >= 4 is 5.91 Å². The van der Waals surface area contributed by atoms with Crippen LogP contribution in [0.2, 0.25) is 0 Å². The Bertz CT molecular complexity index is 235. The van der Waals surface area contributed by atoms with Gasteiger partial charge in [-0.3, -0.25) is 9.69 Å². The standard InChI is InChI=1S/C11H23N3O2/c1-9-4-5-13(2)10(8-12)11(15)14(9)6-7-16-3/h9-10H,4-8,12H2,1-3H3. The molecule has 1 amide bonds. The van der Waals surface area contributed by atoms with Crippen molar-refractivity contribution in [2.24, 2.45) is 5.73 Å². The summed E-state index contributed by atoms with van der Waals surface area (Å²) in [6.45, 7) is 4.61. The summed E-state index contributed by atoms with van der Waals surface area (Å²) in [6.07, 6.45) is 0.989. The smallest absolute Gasteiger partial charge is 0.241 e. The third-order valence-corrected chi connectivity index (χ3v) is 3.29. The Morgan fingerprint density at radius 3 is 2.81 bits per heavy atom. The Morgan fingerprint density at radius 2 is 2.25 bits per heavy atom. The topological polar surface area (TPSA) is 58.8 Å². The van der Waals surface area contributed by atoms with Gasteiger partial charge in [0.05, 0.1) is 6.61 Å². The Labute approximate surface area is 97.5 Å². The molecule has 1 aliphatic rings. The fourth-order valence-electron chi connectivity index (χ4n) is 2.10. The van der Waals surface area contributed by atoms with Gasteiger partial charge < -0.3 is 15.4 Å². The summed E-state index contributed by atoms with van der Waals surface area (Å²) < 4.78 is 5.04. The Hall–Kier alpha value is -0.650. The van der Waals surface area contributed by atoms with Crippen molar-refractivity contribution in [1.82, 2.24) is 9.80 Å². The molecular weight excluding hydrogens is 206 g/mol. The van der Waals surface area contributed by atoms with Crippen LogP contribution in [0, 0.1) is 0 Å². The van der Waals surface area contributed by atoms with Crippen molar-refractivity contribution in [3.8, 4) is 0 Å². The zero-order chi connectivity index (χ0) is 12.1. The van der Waals surface area contributed by atoms with E-state index in [1.165, 1.54) is 0 Å². The Morgan fingerprint density at radius 1 is 1.56 bits per heavy atom. The lowest BCUT2D eigenvalue weighted by molar-refractivity contribution is -0.137. The van der Waals surface area contributed by atoms with Crippen LogP contribution < -0.4 is 5.73 Å². The van der Waals surface area contributed by atoms with Gasteiger partial charge in [0.25, 0.3) is 0 Å². The molecule has 2 atom stereocenters. The average Bonchev–Trinajstić information content (AvgIpc) is 2.36. The number of hydrogen-bond acceptors (Lipinski definition) is 4. The molecule has 0 aromatic rings. The molecule has 1 aliphatic heterocycles. The van der Waals surface area contributed by atoms with Crippen LogP contribution in [0.1, 0.15) is 13.3 Å². The van der Waals surface area contributed by atoms with Crippen molar-refractivity contribution in [3.63, 3.8) is 0 Å². The van der Waals surface area contributed by atoms with E-state index in [0.717, 1.165) is 13.0 Å². The molecule has 1 saturated heterocycles. The first-order valence-corrected chi connectivity index (χ1v) is 5.81.